The first-order valence-corrected chi connectivity index (χ1v) is 8.12. The Kier molecular flexibility index (Phi) is 4.91. The minimum Gasteiger partial charge on any atom is -0.377 e. The zero-order chi connectivity index (χ0) is 14.0. The Labute approximate surface area is 119 Å². The van der Waals surface area contributed by atoms with E-state index in [1.807, 2.05) is 0 Å². The summed E-state index contributed by atoms with van der Waals surface area (Å²) in [6, 6.07) is 1.32. The number of nitrogens with one attached hydrogen (secondary N) is 1. The zero-order valence-corrected chi connectivity index (χ0v) is 13.4. The van der Waals surface area contributed by atoms with Gasteiger partial charge in [0.1, 0.15) is 0 Å². The first kappa shape index (κ1) is 15.3. The molecular weight excluding hydrogens is 236 g/mol. The van der Waals surface area contributed by atoms with Gasteiger partial charge in [-0.3, -0.25) is 4.90 Å². The predicted octanol–water partition coefficient (Wildman–Crippen LogP) is 2.65. The highest BCUT2D eigenvalue weighted by atomic mass is 16.5. The summed E-state index contributed by atoms with van der Waals surface area (Å²) >= 11 is 0. The number of likely N-dealkylation sites (tertiary alicyclic amines) is 1. The van der Waals surface area contributed by atoms with Crippen LogP contribution < -0.4 is 5.32 Å². The lowest BCUT2D eigenvalue weighted by Crippen LogP contribution is -2.62. The van der Waals surface area contributed by atoms with Crippen LogP contribution in [0.25, 0.3) is 0 Å². The maximum Gasteiger partial charge on any atom is 0.0728 e. The van der Waals surface area contributed by atoms with Crippen molar-refractivity contribution in [2.45, 2.75) is 77.6 Å². The van der Waals surface area contributed by atoms with E-state index < -0.39 is 0 Å². The van der Waals surface area contributed by atoms with Crippen LogP contribution in [0.2, 0.25) is 0 Å². The van der Waals surface area contributed by atoms with Crippen LogP contribution in [0.15, 0.2) is 0 Å². The third kappa shape index (κ3) is 2.84. The summed E-state index contributed by atoms with van der Waals surface area (Å²) in [5.74, 6) is 0.713. The van der Waals surface area contributed by atoms with Crippen molar-refractivity contribution < 1.29 is 4.74 Å². The number of hydrogen-bond acceptors (Lipinski definition) is 3. The van der Waals surface area contributed by atoms with E-state index in [1.54, 1.807) is 0 Å². The molecule has 0 amide bonds. The van der Waals surface area contributed by atoms with Gasteiger partial charge in [0.05, 0.1) is 6.10 Å². The minimum absolute atomic E-state index is 0.239. The molecule has 2 rings (SSSR count). The molecule has 3 heteroatoms. The van der Waals surface area contributed by atoms with Crippen LogP contribution in [0.4, 0.5) is 0 Å². The number of ether oxygens (including phenoxy) is 1. The van der Waals surface area contributed by atoms with Gasteiger partial charge in [-0.05, 0) is 52.5 Å². The molecule has 0 aromatic heterocycles. The molecule has 0 aromatic carbocycles. The molecule has 2 aliphatic heterocycles. The summed E-state index contributed by atoms with van der Waals surface area (Å²) in [7, 11) is 0. The predicted molar refractivity (Wildman–Crippen MR) is 80.5 cm³/mol. The number of hydrogen-bond donors (Lipinski definition) is 1. The first-order chi connectivity index (χ1) is 9.00. The summed E-state index contributed by atoms with van der Waals surface area (Å²) in [6.07, 6.45) is 4.04. The van der Waals surface area contributed by atoms with Gasteiger partial charge < -0.3 is 10.1 Å². The SMILES string of the molecule is CCCNC1CCN(C2(C)CCOC2C)C(C)C1C. The number of piperidine rings is 1. The molecule has 5 unspecified atom stereocenters. The van der Waals surface area contributed by atoms with Crippen LogP contribution in [0, 0.1) is 5.92 Å². The van der Waals surface area contributed by atoms with Gasteiger partial charge in [0, 0.05) is 30.8 Å². The summed E-state index contributed by atoms with van der Waals surface area (Å²) in [4.78, 5) is 2.72. The molecule has 2 fully saturated rings. The van der Waals surface area contributed by atoms with Crippen LogP contribution >= 0.6 is 0 Å². The lowest BCUT2D eigenvalue weighted by Gasteiger charge is -2.51. The maximum absolute atomic E-state index is 5.84. The van der Waals surface area contributed by atoms with E-state index in [0.717, 1.165) is 13.2 Å². The Hall–Kier alpha value is -0.120. The molecule has 2 saturated heterocycles. The average Bonchev–Trinajstić information content (AvgIpc) is 2.72. The van der Waals surface area contributed by atoms with Gasteiger partial charge in [0.15, 0.2) is 0 Å². The molecule has 0 radical (unpaired) electrons. The van der Waals surface area contributed by atoms with E-state index in [-0.39, 0.29) is 5.54 Å². The van der Waals surface area contributed by atoms with Crippen molar-refractivity contribution >= 4 is 0 Å². The fraction of sp³-hybridized carbons (Fsp3) is 1.00. The monoisotopic (exact) mass is 268 g/mol. The molecular formula is C16H32N2O. The Morgan fingerprint density at radius 1 is 1.32 bits per heavy atom. The molecule has 3 nitrogen and oxygen atoms in total. The van der Waals surface area contributed by atoms with Crippen molar-refractivity contribution in [2.75, 3.05) is 19.7 Å². The van der Waals surface area contributed by atoms with Gasteiger partial charge in [0.25, 0.3) is 0 Å². The fourth-order valence-electron chi connectivity index (χ4n) is 3.91. The van der Waals surface area contributed by atoms with Crippen LogP contribution in [0.1, 0.15) is 53.9 Å². The Balaban J connectivity index is 2.02. The van der Waals surface area contributed by atoms with Gasteiger partial charge >= 0.3 is 0 Å². The molecule has 1 N–H and O–H groups in total. The second-order valence-corrected chi connectivity index (χ2v) is 6.76. The van der Waals surface area contributed by atoms with Crippen molar-refractivity contribution in [1.82, 2.24) is 10.2 Å². The Morgan fingerprint density at radius 3 is 2.63 bits per heavy atom. The molecule has 2 heterocycles. The number of nitrogens with zero attached hydrogens (tertiary/aromatic N) is 1. The van der Waals surface area contributed by atoms with Gasteiger partial charge in [-0.1, -0.05) is 13.8 Å². The first-order valence-electron chi connectivity index (χ1n) is 8.12. The van der Waals surface area contributed by atoms with Crippen molar-refractivity contribution in [3.63, 3.8) is 0 Å². The standard InChI is InChI=1S/C16H32N2O/c1-6-9-17-15-7-10-18(13(3)12(15)2)16(5)8-11-19-14(16)4/h12-15,17H,6-11H2,1-5H3. The summed E-state index contributed by atoms with van der Waals surface area (Å²) in [5.41, 5.74) is 0.239. The molecule has 0 saturated carbocycles. The van der Waals surface area contributed by atoms with E-state index >= 15 is 0 Å². The normalized spacial score (nSPS) is 44.7. The minimum atomic E-state index is 0.239. The molecule has 112 valence electrons. The lowest BCUT2D eigenvalue weighted by molar-refractivity contribution is -0.0396. The summed E-state index contributed by atoms with van der Waals surface area (Å²) in [5, 5.41) is 3.73. The molecule has 2 aliphatic rings. The van der Waals surface area contributed by atoms with E-state index in [2.05, 4.69) is 44.8 Å². The fourth-order valence-corrected chi connectivity index (χ4v) is 3.91. The smallest absolute Gasteiger partial charge is 0.0728 e. The quantitative estimate of drug-likeness (QED) is 0.848. The Bertz CT molecular complexity index is 296. The molecule has 0 aliphatic carbocycles. The third-order valence-electron chi connectivity index (χ3n) is 5.73. The second-order valence-electron chi connectivity index (χ2n) is 6.76. The Morgan fingerprint density at radius 2 is 2.05 bits per heavy atom. The average molecular weight is 268 g/mol. The van der Waals surface area contributed by atoms with Gasteiger partial charge in [0.2, 0.25) is 0 Å². The highest BCUT2D eigenvalue weighted by Crippen LogP contribution is 2.37. The molecule has 0 aromatic rings. The van der Waals surface area contributed by atoms with Gasteiger partial charge in [-0.25, -0.2) is 0 Å². The maximum atomic E-state index is 5.84. The summed E-state index contributed by atoms with van der Waals surface area (Å²) in [6.45, 7) is 15.0. The largest absolute Gasteiger partial charge is 0.377 e. The highest BCUT2D eigenvalue weighted by molar-refractivity contribution is 5.02. The van der Waals surface area contributed by atoms with Crippen LogP contribution in [-0.2, 0) is 4.74 Å². The van der Waals surface area contributed by atoms with Gasteiger partial charge in [-0.2, -0.15) is 0 Å². The molecule has 19 heavy (non-hydrogen) atoms. The third-order valence-corrected chi connectivity index (χ3v) is 5.73. The molecule has 5 atom stereocenters. The van der Waals surface area contributed by atoms with Crippen LogP contribution in [0.5, 0.6) is 0 Å². The van der Waals surface area contributed by atoms with Crippen molar-refractivity contribution in [2.24, 2.45) is 5.92 Å². The van der Waals surface area contributed by atoms with E-state index in [4.69, 9.17) is 4.74 Å². The van der Waals surface area contributed by atoms with Gasteiger partial charge in [-0.15, -0.1) is 0 Å². The van der Waals surface area contributed by atoms with Crippen LogP contribution in [-0.4, -0.2) is 48.3 Å². The number of rotatable bonds is 4. The summed E-state index contributed by atoms with van der Waals surface area (Å²) < 4.78 is 5.84. The van der Waals surface area contributed by atoms with Crippen LogP contribution in [0.3, 0.4) is 0 Å². The second kappa shape index (κ2) is 6.11. The molecule has 0 bridgehead atoms. The zero-order valence-electron chi connectivity index (χ0n) is 13.4. The van der Waals surface area contributed by atoms with Crippen molar-refractivity contribution in [3.05, 3.63) is 0 Å². The van der Waals surface area contributed by atoms with E-state index in [0.29, 0.717) is 24.1 Å². The molecule has 0 spiro atoms. The highest BCUT2D eigenvalue weighted by Gasteiger charge is 2.47. The van der Waals surface area contributed by atoms with E-state index in [9.17, 15) is 0 Å². The lowest BCUT2D eigenvalue weighted by atomic mass is 9.81. The van der Waals surface area contributed by atoms with E-state index in [1.165, 1.54) is 25.8 Å². The van der Waals surface area contributed by atoms with Crippen molar-refractivity contribution in [1.29, 1.82) is 0 Å². The topological polar surface area (TPSA) is 24.5 Å². The van der Waals surface area contributed by atoms with Crippen molar-refractivity contribution in [3.8, 4) is 0 Å².